The van der Waals surface area contributed by atoms with Crippen molar-refractivity contribution in [3.63, 3.8) is 0 Å². The first-order valence-corrected chi connectivity index (χ1v) is 10.5. The lowest BCUT2D eigenvalue weighted by Gasteiger charge is -2.23. The number of anilines is 3. The zero-order valence-corrected chi connectivity index (χ0v) is 17.7. The molecule has 0 bridgehead atoms. The van der Waals surface area contributed by atoms with Crippen LogP contribution in [-0.4, -0.2) is 33.1 Å². The number of rotatable bonds is 2. The standard InChI is InChI=1S/C20H18ClN7OS/c1-10-16(21)26-19(22)27-17(10)28-4-5-29-15-3-2-11(6-13(15)9-28)12-7-14-18(24-8-12)30-20(23)25-14/h2-3,6-8H,4-5,9H2,1H3,(H2,23,25)(H2,22,26,27). The van der Waals surface area contributed by atoms with Crippen molar-refractivity contribution in [2.24, 2.45) is 0 Å². The van der Waals surface area contributed by atoms with E-state index < -0.39 is 0 Å². The molecule has 0 atom stereocenters. The number of benzene rings is 1. The molecule has 0 spiro atoms. The van der Waals surface area contributed by atoms with Gasteiger partial charge in [-0.05, 0) is 30.7 Å². The van der Waals surface area contributed by atoms with E-state index in [9.17, 15) is 0 Å². The molecule has 4 aromatic rings. The summed E-state index contributed by atoms with van der Waals surface area (Å²) in [5.74, 6) is 1.72. The van der Waals surface area contributed by atoms with E-state index in [1.54, 1.807) is 0 Å². The van der Waals surface area contributed by atoms with Crippen LogP contribution in [0.25, 0.3) is 21.5 Å². The molecular formula is C20H18ClN7OS. The number of halogens is 1. The second-order valence-corrected chi connectivity index (χ2v) is 8.38. The van der Waals surface area contributed by atoms with Crippen LogP contribution < -0.4 is 21.1 Å². The first-order valence-electron chi connectivity index (χ1n) is 9.30. The quantitative estimate of drug-likeness (QED) is 0.454. The minimum atomic E-state index is 0.154. The summed E-state index contributed by atoms with van der Waals surface area (Å²) in [7, 11) is 0. The molecule has 0 fully saturated rings. The molecule has 0 unspecified atom stereocenters. The van der Waals surface area contributed by atoms with Crippen LogP contribution in [0.15, 0.2) is 30.5 Å². The molecule has 8 nitrogen and oxygen atoms in total. The van der Waals surface area contributed by atoms with E-state index in [1.165, 1.54) is 11.3 Å². The highest BCUT2D eigenvalue weighted by Gasteiger charge is 2.21. The zero-order valence-electron chi connectivity index (χ0n) is 16.1. The van der Waals surface area contributed by atoms with Gasteiger partial charge in [-0.25, -0.2) is 15.0 Å². The fourth-order valence-electron chi connectivity index (χ4n) is 3.55. The van der Waals surface area contributed by atoms with E-state index in [0.717, 1.165) is 44.2 Å². The maximum absolute atomic E-state index is 6.22. The van der Waals surface area contributed by atoms with Gasteiger partial charge in [0, 0.05) is 29.4 Å². The average Bonchev–Trinajstić information content (AvgIpc) is 2.96. The number of hydrogen-bond donors (Lipinski definition) is 2. The molecule has 5 rings (SSSR count). The predicted octanol–water partition coefficient (Wildman–Crippen LogP) is 3.67. The predicted molar refractivity (Wildman–Crippen MR) is 120 cm³/mol. The SMILES string of the molecule is Cc1c(Cl)nc(N)nc1N1CCOc2ccc(-c3cnc4sc(N)nc4c3)cc2C1. The van der Waals surface area contributed by atoms with Gasteiger partial charge in [0.25, 0.3) is 0 Å². The number of nitrogens with zero attached hydrogens (tertiary/aromatic N) is 5. The molecule has 4 heterocycles. The lowest BCUT2D eigenvalue weighted by Crippen LogP contribution is -2.27. The van der Waals surface area contributed by atoms with Crippen molar-refractivity contribution in [2.45, 2.75) is 13.5 Å². The molecule has 0 aliphatic carbocycles. The summed E-state index contributed by atoms with van der Waals surface area (Å²) in [5, 5.41) is 0.873. The maximum Gasteiger partial charge on any atom is 0.223 e. The number of nitrogens with two attached hydrogens (primary N) is 2. The maximum atomic E-state index is 6.22. The Hall–Kier alpha value is -3.17. The molecule has 0 saturated heterocycles. The summed E-state index contributed by atoms with van der Waals surface area (Å²) >= 11 is 7.60. The lowest BCUT2D eigenvalue weighted by molar-refractivity contribution is 0.331. The molecule has 0 amide bonds. The van der Waals surface area contributed by atoms with Gasteiger partial charge in [-0.1, -0.05) is 29.0 Å². The van der Waals surface area contributed by atoms with Crippen LogP contribution >= 0.6 is 22.9 Å². The Kier molecular flexibility index (Phi) is 4.56. The molecule has 152 valence electrons. The van der Waals surface area contributed by atoms with Crippen molar-refractivity contribution in [1.82, 2.24) is 19.9 Å². The fourth-order valence-corrected chi connectivity index (χ4v) is 4.38. The van der Waals surface area contributed by atoms with Crippen LogP contribution in [0.3, 0.4) is 0 Å². The van der Waals surface area contributed by atoms with Gasteiger partial charge in [-0.3, -0.25) is 0 Å². The molecule has 1 aliphatic rings. The molecule has 0 saturated carbocycles. The molecule has 1 aliphatic heterocycles. The number of hydrogen-bond acceptors (Lipinski definition) is 9. The highest BCUT2D eigenvalue weighted by atomic mass is 35.5. The topological polar surface area (TPSA) is 116 Å². The minimum absolute atomic E-state index is 0.154. The van der Waals surface area contributed by atoms with Crippen molar-refractivity contribution >= 4 is 50.2 Å². The summed E-state index contributed by atoms with van der Waals surface area (Å²) in [6, 6.07) is 8.12. The van der Waals surface area contributed by atoms with Gasteiger partial charge in [0.15, 0.2) is 5.13 Å². The Morgan fingerprint density at radius 1 is 1.13 bits per heavy atom. The van der Waals surface area contributed by atoms with Crippen molar-refractivity contribution in [3.05, 3.63) is 46.7 Å². The minimum Gasteiger partial charge on any atom is -0.491 e. The first kappa shape index (κ1) is 18.8. The third kappa shape index (κ3) is 3.35. The van der Waals surface area contributed by atoms with Crippen LogP contribution in [-0.2, 0) is 6.54 Å². The third-order valence-corrected chi connectivity index (χ3v) is 6.19. The van der Waals surface area contributed by atoms with E-state index in [4.69, 9.17) is 27.8 Å². The van der Waals surface area contributed by atoms with Gasteiger partial charge >= 0.3 is 0 Å². The lowest BCUT2D eigenvalue weighted by atomic mass is 10.0. The van der Waals surface area contributed by atoms with Crippen LogP contribution in [0.4, 0.5) is 16.9 Å². The summed E-state index contributed by atoms with van der Waals surface area (Å²) in [6.45, 7) is 3.68. The van der Waals surface area contributed by atoms with Gasteiger partial charge in [0.2, 0.25) is 5.95 Å². The van der Waals surface area contributed by atoms with Gasteiger partial charge in [0.1, 0.15) is 33.7 Å². The van der Waals surface area contributed by atoms with E-state index in [-0.39, 0.29) is 5.95 Å². The van der Waals surface area contributed by atoms with Gasteiger partial charge in [0.05, 0.1) is 6.54 Å². The molecule has 4 N–H and O–H groups in total. The number of fused-ring (bicyclic) bond motifs is 2. The number of pyridine rings is 1. The van der Waals surface area contributed by atoms with Crippen molar-refractivity contribution in [3.8, 4) is 16.9 Å². The second-order valence-electron chi connectivity index (χ2n) is 7.01. The molecule has 1 aromatic carbocycles. The average molecular weight is 440 g/mol. The highest BCUT2D eigenvalue weighted by molar-refractivity contribution is 7.21. The summed E-state index contributed by atoms with van der Waals surface area (Å²) in [5.41, 5.74) is 16.3. The smallest absolute Gasteiger partial charge is 0.223 e. The highest BCUT2D eigenvalue weighted by Crippen LogP contribution is 2.33. The first-order chi connectivity index (χ1) is 14.5. The third-order valence-electron chi connectivity index (χ3n) is 5.02. The molecule has 3 aromatic heterocycles. The van der Waals surface area contributed by atoms with E-state index in [1.807, 2.05) is 31.3 Å². The molecule has 30 heavy (non-hydrogen) atoms. The van der Waals surface area contributed by atoms with Gasteiger partial charge < -0.3 is 21.1 Å². The van der Waals surface area contributed by atoms with Gasteiger partial charge in [-0.15, -0.1) is 0 Å². The van der Waals surface area contributed by atoms with Crippen LogP contribution in [0, 0.1) is 6.92 Å². The van der Waals surface area contributed by atoms with E-state index >= 15 is 0 Å². The Balaban J connectivity index is 1.53. The largest absolute Gasteiger partial charge is 0.491 e. The zero-order chi connectivity index (χ0) is 20.8. The summed E-state index contributed by atoms with van der Waals surface area (Å²) in [4.78, 5) is 20.2. The van der Waals surface area contributed by atoms with Crippen molar-refractivity contribution < 1.29 is 4.74 Å². The Morgan fingerprint density at radius 3 is 2.87 bits per heavy atom. The second kappa shape index (κ2) is 7.26. The van der Waals surface area contributed by atoms with Crippen LogP contribution in [0.2, 0.25) is 5.15 Å². The molecule has 10 heteroatoms. The normalized spacial score (nSPS) is 13.7. The van der Waals surface area contributed by atoms with E-state index in [0.29, 0.717) is 30.0 Å². The van der Waals surface area contributed by atoms with E-state index in [2.05, 4.69) is 30.9 Å². The van der Waals surface area contributed by atoms with Crippen molar-refractivity contribution in [2.75, 3.05) is 29.5 Å². The van der Waals surface area contributed by atoms with Crippen LogP contribution in [0.1, 0.15) is 11.1 Å². The molecular weight excluding hydrogens is 422 g/mol. The number of nitrogen functional groups attached to an aromatic ring is 2. The monoisotopic (exact) mass is 439 g/mol. The fraction of sp³-hybridized carbons (Fsp3) is 0.200. The Bertz CT molecular complexity index is 1280. The number of aromatic nitrogens is 4. The summed E-state index contributed by atoms with van der Waals surface area (Å²) < 4.78 is 5.97. The molecule has 0 radical (unpaired) electrons. The number of thiazole rings is 1. The Morgan fingerprint density at radius 2 is 2.00 bits per heavy atom. The Labute approximate surface area is 181 Å². The number of ether oxygens (including phenoxy) is 1. The van der Waals surface area contributed by atoms with Gasteiger partial charge in [-0.2, -0.15) is 4.98 Å². The summed E-state index contributed by atoms with van der Waals surface area (Å²) in [6.07, 6.45) is 1.84. The van der Waals surface area contributed by atoms with Crippen LogP contribution in [0.5, 0.6) is 5.75 Å². The van der Waals surface area contributed by atoms with Crippen molar-refractivity contribution in [1.29, 1.82) is 0 Å².